The van der Waals surface area contributed by atoms with Gasteiger partial charge in [-0.1, -0.05) is 34.9 Å². The lowest BCUT2D eigenvalue weighted by molar-refractivity contribution is 0.413. The predicted octanol–water partition coefficient (Wildman–Crippen LogP) is 2.70. The molecule has 0 atom stereocenters. The van der Waals surface area contributed by atoms with Crippen molar-refractivity contribution < 1.29 is 4.74 Å². The van der Waals surface area contributed by atoms with E-state index in [4.69, 9.17) is 15.9 Å². The maximum Gasteiger partial charge on any atom is 0.179 e. The molecule has 0 aliphatic carbocycles. The molecule has 0 saturated carbocycles. The minimum atomic E-state index is 0.0276. The number of aromatic nitrogens is 2. The molecule has 1 aromatic carbocycles. The Morgan fingerprint density at radius 1 is 1.37 bits per heavy atom. The molecule has 0 spiro atoms. The summed E-state index contributed by atoms with van der Waals surface area (Å²) < 4.78 is 6.92. The van der Waals surface area contributed by atoms with Crippen LogP contribution in [0, 0.1) is 5.41 Å². The average molecular weight is 312 g/mol. The van der Waals surface area contributed by atoms with Gasteiger partial charge in [-0.25, -0.2) is 0 Å². The van der Waals surface area contributed by atoms with Crippen molar-refractivity contribution in [1.82, 2.24) is 10.2 Å². The zero-order chi connectivity index (χ0) is 13.8. The number of nitrogen functional groups attached to an aromatic ring is 1. The molecule has 2 aromatic rings. The second-order valence-corrected chi connectivity index (χ2v) is 6.74. The Bertz CT molecular complexity index is 599. The van der Waals surface area contributed by atoms with Gasteiger partial charge in [0.15, 0.2) is 8.68 Å². The normalized spacial score (nSPS) is 10.4. The topological polar surface area (TPSA) is 84.9 Å². The number of nitrogens with zero attached hydrogens (tertiary/aromatic N) is 2. The third-order valence-corrected chi connectivity index (χ3v) is 5.25. The minimum absolute atomic E-state index is 0.0276. The van der Waals surface area contributed by atoms with Crippen LogP contribution < -0.4 is 10.5 Å². The van der Waals surface area contributed by atoms with Crippen LogP contribution in [0.15, 0.2) is 31.8 Å². The van der Waals surface area contributed by atoms with Gasteiger partial charge in [0.1, 0.15) is 11.6 Å². The Balaban J connectivity index is 2.33. The van der Waals surface area contributed by atoms with Gasteiger partial charge >= 0.3 is 0 Å². The average Bonchev–Trinajstić information content (AvgIpc) is 2.86. The molecule has 0 saturated heterocycles. The molecule has 8 heteroatoms. The van der Waals surface area contributed by atoms with E-state index in [1.165, 1.54) is 23.1 Å². The summed E-state index contributed by atoms with van der Waals surface area (Å²) in [5.41, 5.74) is 6.26. The van der Waals surface area contributed by atoms with Crippen molar-refractivity contribution >= 4 is 40.7 Å². The van der Waals surface area contributed by atoms with Gasteiger partial charge in [0.2, 0.25) is 0 Å². The Morgan fingerprint density at radius 3 is 2.68 bits per heavy atom. The smallest absolute Gasteiger partial charge is 0.179 e. The molecule has 1 aromatic heterocycles. The predicted molar refractivity (Wildman–Crippen MR) is 79.8 cm³/mol. The van der Waals surface area contributed by atoms with Crippen LogP contribution in [-0.2, 0) is 0 Å². The van der Waals surface area contributed by atoms with Crippen molar-refractivity contribution in [2.24, 2.45) is 5.73 Å². The molecule has 100 valence electrons. The fourth-order valence-corrected chi connectivity index (χ4v) is 3.92. The number of amidine groups is 1. The Morgan fingerprint density at radius 2 is 2.11 bits per heavy atom. The molecular formula is C11H12N4OS3. The van der Waals surface area contributed by atoms with Crippen LogP contribution in [-0.4, -0.2) is 29.4 Å². The highest BCUT2D eigenvalue weighted by Crippen LogP contribution is 2.36. The summed E-state index contributed by atoms with van der Waals surface area (Å²) in [6, 6.07) is 5.41. The fourth-order valence-electron chi connectivity index (χ4n) is 1.35. The first-order valence-electron chi connectivity index (χ1n) is 5.22. The van der Waals surface area contributed by atoms with E-state index in [9.17, 15) is 0 Å². The first kappa shape index (κ1) is 14.2. The van der Waals surface area contributed by atoms with Crippen LogP contribution in [0.2, 0.25) is 0 Å². The van der Waals surface area contributed by atoms with Crippen LogP contribution in [0.4, 0.5) is 0 Å². The van der Waals surface area contributed by atoms with E-state index in [1.54, 1.807) is 31.0 Å². The zero-order valence-corrected chi connectivity index (χ0v) is 12.8. The third-order valence-electron chi connectivity index (χ3n) is 2.24. The fraction of sp³-hybridized carbons (Fsp3) is 0.182. The number of hydrogen-bond acceptors (Lipinski definition) is 7. The highest BCUT2D eigenvalue weighted by Gasteiger charge is 2.12. The summed E-state index contributed by atoms with van der Waals surface area (Å²) >= 11 is 4.51. The molecule has 0 radical (unpaired) electrons. The molecule has 1 heterocycles. The van der Waals surface area contributed by atoms with Crippen LogP contribution in [0.3, 0.4) is 0 Å². The lowest BCUT2D eigenvalue weighted by atomic mass is 10.2. The monoisotopic (exact) mass is 312 g/mol. The molecule has 0 aliphatic rings. The molecule has 3 N–H and O–H groups in total. The van der Waals surface area contributed by atoms with E-state index < -0.39 is 0 Å². The first-order valence-corrected chi connectivity index (χ1v) is 8.07. The van der Waals surface area contributed by atoms with Crippen LogP contribution in [0.5, 0.6) is 5.75 Å². The Hall–Kier alpha value is -1.25. The maximum absolute atomic E-state index is 7.60. The van der Waals surface area contributed by atoms with E-state index in [1.807, 2.05) is 12.3 Å². The van der Waals surface area contributed by atoms with E-state index in [2.05, 4.69) is 10.2 Å². The van der Waals surface area contributed by atoms with E-state index >= 15 is 0 Å². The van der Waals surface area contributed by atoms with Gasteiger partial charge < -0.3 is 10.5 Å². The van der Waals surface area contributed by atoms with Crippen LogP contribution in [0.25, 0.3) is 0 Å². The summed E-state index contributed by atoms with van der Waals surface area (Å²) in [6.07, 6.45) is 1.96. The summed E-state index contributed by atoms with van der Waals surface area (Å²) in [6.45, 7) is 0. The number of nitrogens with two attached hydrogens (primary N) is 1. The van der Waals surface area contributed by atoms with Gasteiger partial charge in [-0.05, 0) is 24.5 Å². The van der Waals surface area contributed by atoms with Crippen LogP contribution in [0.1, 0.15) is 5.56 Å². The first-order chi connectivity index (χ1) is 9.13. The lowest BCUT2D eigenvalue weighted by Gasteiger charge is -2.08. The number of rotatable bonds is 5. The van der Waals surface area contributed by atoms with Crippen molar-refractivity contribution in [1.29, 1.82) is 5.41 Å². The summed E-state index contributed by atoms with van der Waals surface area (Å²) in [5.74, 6) is 0.752. The van der Waals surface area contributed by atoms with E-state index in [0.29, 0.717) is 5.56 Å². The van der Waals surface area contributed by atoms with E-state index in [-0.39, 0.29) is 5.84 Å². The molecular weight excluding hydrogens is 300 g/mol. The third kappa shape index (κ3) is 3.40. The second kappa shape index (κ2) is 6.27. The number of benzene rings is 1. The zero-order valence-electron chi connectivity index (χ0n) is 10.3. The number of hydrogen-bond donors (Lipinski definition) is 2. The minimum Gasteiger partial charge on any atom is -0.497 e. The summed E-state index contributed by atoms with van der Waals surface area (Å²) in [4.78, 5) is 0.843. The largest absolute Gasteiger partial charge is 0.497 e. The van der Waals surface area contributed by atoms with Crippen molar-refractivity contribution in [2.75, 3.05) is 13.4 Å². The van der Waals surface area contributed by atoms with Gasteiger partial charge in [0.05, 0.1) is 7.11 Å². The number of thioether (sulfide) groups is 1. The molecule has 5 nitrogen and oxygen atoms in total. The van der Waals surface area contributed by atoms with Gasteiger partial charge in [-0.15, -0.1) is 10.2 Å². The second-order valence-electron chi connectivity index (χ2n) is 3.42. The van der Waals surface area contributed by atoms with Crippen LogP contribution >= 0.6 is 34.9 Å². The van der Waals surface area contributed by atoms with Crippen molar-refractivity contribution in [2.45, 2.75) is 13.6 Å². The SMILES string of the molecule is COc1ccc(C(=N)N)c(Sc2nnc(SC)s2)c1. The van der Waals surface area contributed by atoms with Gasteiger partial charge in [0.25, 0.3) is 0 Å². The molecule has 19 heavy (non-hydrogen) atoms. The summed E-state index contributed by atoms with van der Waals surface area (Å²) in [5, 5.41) is 15.7. The Kier molecular flexibility index (Phi) is 4.67. The standard InChI is InChI=1S/C11H12N4OS3/c1-16-6-3-4-7(9(12)13)8(5-6)18-11-15-14-10(17-2)19-11/h3-5H,1-2H3,(H3,12,13). The molecule has 0 bridgehead atoms. The quantitative estimate of drug-likeness (QED) is 0.501. The Labute approximate surface area is 123 Å². The highest BCUT2D eigenvalue weighted by atomic mass is 32.2. The molecule has 0 amide bonds. The van der Waals surface area contributed by atoms with E-state index in [0.717, 1.165) is 19.3 Å². The van der Waals surface area contributed by atoms with Gasteiger partial charge in [0, 0.05) is 10.5 Å². The number of methoxy groups -OCH3 is 1. The molecule has 2 rings (SSSR count). The highest BCUT2D eigenvalue weighted by molar-refractivity contribution is 8.03. The lowest BCUT2D eigenvalue weighted by Crippen LogP contribution is -2.12. The molecule has 0 unspecified atom stereocenters. The summed E-state index contributed by atoms with van der Waals surface area (Å²) in [7, 11) is 1.61. The molecule has 0 fully saturated rings. The number of nitrogens with one attached hydrogen (secondary N) is 1. The van der Waals surface area contributed by atoms with Crippen molar-refractivity contribution in [3.63, 3.8) is 0 Å². The maximum atomic E-state index is 7.60. The number of ether oxygens (including phenoxy) is 1. The van der Waals surface area contributed by atoms with Gasteiger partial charge in [-0.3, -0.25) is 5.41 Å². The van der Waals surface area contributed by atoms with Gasteiger partial charge in [-0.2, -0.15) is 0 Å². The van der Waals surface area contributed by atoms with Crippen molar-refractivity contribution in [3.05, 3.63) is 23.8 Å². The van der Waals surface area contributed by atoms with Crippen molar-refractivity contribution in [3.8, 4) is 5.75 Å². The molecule has 0 aliphatic heterocycles.